The van der Waals surface area contributed by atoms with E-state index >= 15 is 0 Å². The summed E-state index contributed by atoms with van der Waals surface area (Å²) in [6, 6.07) is 5.10. The van der Waals surface area contributed by atoms with Gasteiger partial charge < -0.3 is 9.15 Å². The lowest BCUT2D eigenvalue weighted by Gasteiger charge is -2.08. The fraction of sp³-hybridized carbons (Fsp3) is 0.200. The molecule has 0 spiro atoms. The molecule has 1 aromatic carbocycles. The highest BCUT2D eigenvalue weighted by molar-refractivity contribution is 7.13. The summed E-state index contributed by atoms with van der Waals surface area (Å²) in [6.07, 6.45) is 3.52. The smallest absolute Gasteiger partial charge is 0.358 e. The largest absolute Gasteiger partial charge is 0.456 e. The Kier molecular flexibility index (Phi) is 4.56. The molecule has 4 rings (SSSR count). The molecule has 0 aliphatic carbocycles. The quantitative estimate of drug-likeness (QED) is 0.387. The molecule has 3 heterocycles. The van der Waals surface area contributed by atoms with Gasteiger partial charge in [0.05, 0.1) is 6.20 Å². The zero-order valence-corrected chi connectivity index (χ0v) is 16.4. The second-order valence-corrected chi connectivity index (χ2v) is 7.40. The maximum Gasteiger partial charge on any atom is 0.358 e. The number of ether oxygens (including phenoxy) is 1. The van der Waals surface area contributed by atoms with Gasteiger partial charge in [-0.2, -0.15) is 5.10 Å². The van der Waals surface area contributed by atoms with Crippen molar-refractivity contribution < 1.29 is 13.9 Å². The third-order valence-corrected chi connectivity index (χ3v) is 5.36. The maximum atomic E-state index is 12.4. The van der Waals surface area contributed by atoms with Gasteiger partial charge in [0.15, 0.2) is 5.69 Å². The fourth-order valence-corrected chi connectivity index (χ4v) is 3.62. The van der Waals surface area contributed by atoms with E-state index in [0.717, 1.165) is 22.1 Å². The number of nitrogens with zero attached hydrogens (tertiary/aromatic N) is 3. The van der Waals surface area contributed by atoms with Crippen molar-refractivity contribution in [3.63, 3.8) is 0 Å². The van der Waals surface area contributed by atoms with Gasteiger partial charge in [0.2, 0.25) is 0 Å². The van der Waals surface area contributed by atoms with Gasteiger partial charge in [0.25, 0.3) is 0 Å². The number of aromatic nitrogens is 3. The first kappa shape index (κ1) is 18.1. The molecule has 0 radical (unpaired) electrons. The fourth-order valence-electron chi connectivity index (χ4n) is 2.85. The number of hydrogen-bond donors (Lipinski definition) is 0. The van der Waals surface area contributed by atoms with E-state index in [1.807, 2.05) is 39.2 Å². The summed E-state index contributed by atoms with van der Waals surface area (Å²) >= 11 is 1.34. The number of benzene rings is 1. The van der Waals surface area contributed by atoms with Gasteiger partial charge in [0, 0.05) is 41.2 Å². The lowest BCUT2D eigenvalue weighted by Crippen LogP contribution is -2.08. The summed E-state index contributed by atoms with van der Waals surface area (Å²) in [6.45, 7) is 3.89. The molecule has 0 amide bonds. The highest BCUT2D eigenvalue weighted by Crippen LogP contribution is 2.25. The van der Waals surface area contributed by atoms with E-state index in [0.29, 0.717) is 16.2 Å². The SMILES string of the molecule is Cc1cc2oc(=O)cc(COC(=O)c3csc(-c4cnn(C)c4)n3)c2cc1C. The summed E-state index contributed by atoms with van der Waals surface area (Å²) in [5, 5.41) is 7.20. The predicted molar refractivity (Wildman–Crippen MR) is 105 cm³/mol. The predicted octanol–water partition coefficient (Wildman–Crippen LogP) is 3.62. The van der Waals surface area contributed by atoms with Crippen LogP contribution in [0.1, 0.15) is 27.2 Å². The minimum Gasteiger partial charge on any atom is -0.456 e. The lowest BCUT2D eigenvalue weighted by molar-refractivity contribution is 0.0468. The minimum absolute atomic E-state index is 0.0385. The van der Waals surface area contributed by atoms with E-state index in [9.17, 15) is 9.59 Å². The van der Waals surface area contributed by atoms with E-state index < -0.39 is 11.6 Å². The molecule has 0 aliphatic heterocycles. The van der Waals surface area contributed by atoms with Crippen LogP contribution in [0.2, 0.25) is 0 Å². The Bertz CT molecular complexity index is 1250. The van der Waals surface area contributed by atoms with Gasteiger partial charge in [-0.25, -0.2) is 14.6 Å². The van der Waals surface area contributed by atoms with Gasteiger partial charge in [-0.1, -0.05) is 0 Å². The normalized spacial score (nSPS) is 11.1. The third-order valence-electron chi connectivity index (χ3n) is 4.47. The van der Waals surface area contributed by atoms with Gasteiger partial charge >= 0.3 is 11.6 Å². The number of hydrogen-bond acceptors (Lipinski definition) is 7. The van der Waals surface area contributed by atoms with Crippen molar-refractivity contribution in [3.05, 3.63) is 68.8 Å². The number of carbonyl (C=O) groups is 1. The average Bonchev–Trinajstić information content (AvgIpc) is 3.30. The molecule has 0 fully saturated rings. The maximum absolute atomic E-state index is 12.4. The molecule has 142 valence electrons. The van der Waals surface area contributed by atoms with E-state index in [1.54, 1.807) is 16.3 Å². The molecular formula is C20H17N3O4S. The van der Waals surface area contributed by atoms with Crippen molar-refractivity contribution in [2.75, 3.05) is 0 Å². The molecule has 0 bridgehead atoms. The Balaban J connectivity index is 1.56. The number of fused-ring (bicyclic) bond motifs is 1. The van der Waals surface area contributed by atoms with Crippen LogP contribution in [0.15, 0.2) is 45.2 Å². The van der Waals surface area contributed by atoms with Crippen molar-refractivity contribution in [3.8, 4) is 10.6 Å². The molecule has 0 aliphatic rings. The molecule has 0 atom stereocenters. The molecule has 7 nitrogen and oxygen atoms in total. The van der Waals surface area contributed by atoms with E-state index in [2.05, 4.69) is 10.1 Å². The van der Waals surface area contributed by atoms with Gasteiger partial charge in [0.1, 0.15) is 17.2 Å². The summed E-state index contributed by atoms with van der Waals surface area (Å²) in [7, 11) is 1.82. The Labute approximate surface area is 164 Å². The lowest BCUT2D eigenvalue weighted by atomic mass is 10.0. The Morgan fingerprint density at radius 3 is 2.79 bits per heavy atom. The number of aryl methyl sites for hydroxylation is 3. The standard InChI is InChI=1S/C20H17N3O4S/c1-11-4-15-13(6-18(24)27-17(15)5-12(11)2)9-26-20(25)16-10-28-19(22-16)14-7-21-23(3)8-14/h4-8,10H,9H2,1-3H3. The Morgan fingerprint density at radius 2 is 2.04 bits per heavy atom. The summed E-state index contributed by atoms with van der Waals surface area (Å²) in [5.74, 6) is -0.545. The molecule has 0 saturated heterocycles. The molecule has 0 saturated carbocycles. The summed E-state index contributed by atoms with van der Waals surface area (Å²) < 4.78 is 12.3. The van der Waals surface area contributed by atoms with Crippen LogP contribution < -0.4 is 5.63 Å². The zero-order valence-electron chi connectivity index (χ0n) is 15.6. The van der Waals surface area contributed by atoms with Crippen molar-refractivity contribution >= 4 is 28.3 Å². The average molecular weight is 395 g/mol. The highest BCUT2D eigenvalue weighted by atomic mass is 32.1. The second-order valence-electron chi connectivity index (χ2n) is 6.54. The number of esters is 1. The van der Waals surface area contributed by atoms with Crippen LogP contribution in [0.3, 0.4) is 0 Å². The van der Waals surface area contributed by atoms with Crippen molar-refractivity contribution in [2.24, 2.45) is 7.05 Å². The highest BCUT2D eigenvalue weighted by Gasteiger charge is 2.16. The Hall–Kier alpha value is -3.26. The molecule has 8 heteroatoms. The summed E-state index contributed by atoms with van der Waals surface area (Å²) in [5.41, 5.74) is 3.76. The number of thiazole rings is 1. The van der Waals surface area contributed by atoms with E-state index in [1.165, 1.54) is 17.4 Å². The van der Waals surface area contributed by atoms with Crippen molar-refractivity contribution in [1.82, 2.24) is 14.8 Å². The number of carbonyl (C=O) groups excluding carboxylic acids is 1. The van der Waals surface area contributed by atoms with Gasteiger partial charge in [-0.3, -0.25) is 4.68 Å². The van der Waals surface area contributed by atoms with Gasteiger partial charge in [-0.15, -0.1) is 11.3 Å². The molecular weight excluding hydrogens is 378 g/mol. The number of rotatable bonds is 4. The van der Waals surface area contributed by atoms with Crippen LogP contribution in [0.25, 0.3) is 21.5 Å². The molecule has 28 heavy (non-hydrogen) atoms. The van der Waals surface area contributed by atoms with E-state index in [4.69, 9.17) is 9.15 Å². The van der Waals surface area contributed by atoms with Crippen LogP contribution in [-0.4, -0.2) is 20.7 Å². The zero-order chi connectivity index (χ0) is 19.8. The van der Waals surface area contributed by atoms with Crippen molar-refractivity contribution in [1.29, 1.82) is 0 Å². The topological polar surface area (TPSA) is 87.2 Å². The van der Waals surface area contributed by atoms with Crippen LogP contribution in [-0.2, 0) is 18.4 Å². The van der Waals surface area contributed by atoms with Crippen LogP contribution in [0.5, 0.6) is 0 Å². The molecule has 0 N–H and O–H groups in total. The first-order valence-electron chi connectivity index (χ1n) is 8.56. The second kappa shape index (κ2) is 7.05. The third kappa shape index (κ3) is 3.46. The van der Waals surface area contributed by atoms with Gasteiger partial charge in [-0.05, 0) is 37.1 Å². The monoisotopic (exact) mass is 395 g/mol. The first-order chi connectivity index (χ1) is 13.4. The molecule has 0 unspecified atom stereocenters. The van der Waals surface area contributed by atoms with Crippen LogP contribution in [0.4, 0.5) is 0 Å². The van der Waals surface area contributed by atoms with E-state index in [-0.39, 0.29) is 12.3 Å². The summed E-state index contributed by atoms with van der Waals surface area (Å²) in [4.78, 5) is 28.6. The van der Waals surface area contributed by atoms with Crippen LogP contribution >= 0.6 is 11.3 Å². The van der Waals surface area contributed by atoms with Crippen molar-refractivity contribution in [2.45, 2.75) is 20.5 Å². The Morgan fingerprint density at radius 1 is 1.25 bits per heavy atom. The molecule has 3 aromatic heterocycles. The minimum atomic E-state index is -0.545. The molecule has 4 aromatic rings. The van der Waals surface area contributed by atoms with Crippen LogP contribution in [0, 0.1) is 13.8 Å². The first-order valence-corrected chi connectivity index (χ1v) is 9.44.